The normalized spacial score (nSPS) is 10.4. The van der Waals surface area contributed by atoms with Crippen LogP contribution in [0.3, 0.4) is 0 Å². The Bertz CT molecular complexity index is 512. The summed E-state index contributed by atoms with van der Waals surface area (Å²) in [7, 11) is 0. The molecule has 0 aliphatic heterocycles. The molecule has 2 aromatic carbocycles. The number of nitrogen functional groups attached to an aromatic ring is 1. The fourth-order valence-corrected chi connectivity index (χ4v) is 1.86. The van der Waals surface area contributed by atoms with Crippen LogP contribution in [0.1, 0.15) is 11.1 Å². The van der Waals surface area contributed by atoms with Gasteiger partial charge in [0.25, 0.3) is 0 Å². The van der Waals surface area contributed by atoms with E-state index in [-0.39, 0.29) is 5.82 Å². The third kappa shape index (κ3) is 1.91. The molecule has 2 heteroatoms. The Morgan fingerprint density at radius 2 is 1.81 bits per heavy atom. The lowest BCUT2D eigenvalue weighted by atomic mass is 9.98. The second kappa shape index (κ2) is 3.97. The van der Waals surface area contributed by atoms with Crippen molar-refractivity contribution in [3.05, 3.63) is 53.3 Å². The van der Waals surface area contributed by atoms with Gasteiger partial charge in [-0.15, -0.1) is 0 Å². The SMILES string of the molecule is Cc1cc(F)cc(-c2cccc(N)c2C)c1. The van der Waals surface area contributed by atoms with Crippen molar-refractivity contribution < 1.29 is 4.39 Å². The van der Waals surface area contributed by atoms with Crippen LogP contribution in [0, 0.1) is 19.7 Å². The molecule has 0 unspecified atom stereocenters. The molecule has 0 saturated heterocycles. The molecule has 0 amide bonds. The second-order valence-corrected chi connectivity index (χ2v) is 4.04. The van der Waals surface area contributed by atoms with Gasteiger partial charge in [-0.1, -0.05) is 18.2 Å². The minimum Gasteiger partial charge on any atom is -0.398 e. The fraction of sp³-hybridized carbons (Fsp3) is 0.143. The van der Waals surface area contributed by atoms with Crippen molar-refractivity contribution in [2.24, 2.45) is 0 Å². The van der Waals surface area contributed by atoms with Gasteiger partial charge < -0.3 is 5.73 Å². The average Bonchev–Trinajstić information content (AvgIpc) is 2.20. The van der Waals surface area contributed by atoms with E-state index in [9.17, 15) is 4.39 Å². The summed E-state index contributed by atoms with van der Waals surface area (Å²) in [6.45, 7) is 3.83. The fourth-order valence-electron chi connectivity index (χ4n) is 1.86. The number of rotatable bonds is 1. The predicted octanol–water partition coefficient (Wildman–Crippen LogP) is 3.69. The van der Waals surface area contributed by atoms with E-state index < -0.39 is 0 Å². The highest BCUT2D eigenvalue weighted by Gasteiger charge is 2.05. The number of hydrogen-bond acceptors (Lipinski definition) is 1. The lowest BCUT2D eigenvalue weighted by molar-refractivity contribution is 0.627. The summed E-state index contributed by atoms with van der Waals surface area (Å²) in [5, 5.41) is 0. The topological polar surface area (TPSA) is 26.0 Å². The first-order valence-corrected chi connectivity index (χ1v) is 5.20. The number of anilines is 1. The number of benzene rings is 2. The molecule has 0 aromatic heterocycles. The van der Waals surface area contributed by atoms with Gasteiger partial charge in [-0.05, 0) is 54.3 Å². The number of halogens is 1. The molecule has 2 rings (SSSR count). The molecule has 2 N–H and O–H groups in total. The minimum absolute atomic E-state index is 0.211. The monoisotopic (exact) mass is 215 g/mol. The van der Waals surface area contributed by atoms with Crippen LogP contribution in [0.2, 0.25) is 0 Å². The zero-order valence-electron chi connectivity index (χ0n) is 9.42. The van der Waals surface area contributed by atoms with Crippen molar-refractivity contribution in [3.63, 3.8) is 0 Å². The molecule has 0 fully saturated rings. The quantitative estimate of drug-likeness (QED) is 0.721. The first-order valence-electron chi connectivity index (χ1n) is 5.20. The summed E-state index contributed by atoms with van der Waals surface area (Å²) in [5.74, 6) is -0.211. The Morgan fingerprint density at radius 1 is 1.06 bits per heavy atom. The van der Waals surface area contributed by atoms with E-state index in [1.54, 1.807) is 0 Å². The Morgan fingerprint density at radius 3 is 2.50 bits per heavy atom. The summed E-state index contributed by atoms with van der Waals surface area (Å²) in [4.78, 5) is 0. The molecule has 0 atom stereocenters. The van der Waals surface area contributed by atoms with E-state index >= 15 is 0 Å². The number of nitrogens with two attached hydrogens (primary N) is 1. The largest absolute Gasteiger partial charge is 0.398 e. The van der Waals surface area contributed by atoms with Gasteiger partial charge in [-0.25, -0.2) is 4.39 Å². The summed E-state index contributed by atoms with van der Waals surface area (Å²) in [5.41, 5.74) is 10.3. The van der Waals surface area contributed by atoms with Crippen molar-refractivity contribution in [1.82, 2.24) is 0 Å². The molecule has 0 saturated carbocycles. The lowest BCUT2D eigenvalue weighted by Crippen LogP contribution is -1.92. The molecule has 0 heterocycles. The highest BCUT2D eigenvalue weighted by molar-refractivity contribution is 5.73. The van der Waals surface area contributed by atoms with E-state index in [1.165, 1.54) is 12.1 Å². The average molecular weight is 215 g/mol. The lowest BCUT2D eigenvalue weighted by Gasteiger charge is -2.09. The van der Waals surface area contributed by atoms with Crippen LogP contribution in [0.5, 0.6) is 0 Å². The molecule has 0 bridgehead atoms. The van der Waals surface area contributed by atoms with Gasteiger partial charge in [-0.2, -0.15) is 0 Å². The Balaban J connectivity index is 2.63. The minimum atomic E-state index is -0.211. The van der Waals surface area contributed by atoms with Gasteiger partial charge in [0, 0.05) is 5.69 Å². The van der Waals surface area contributed by atoms with Gasteiger partial charge >= 0.3 is 0 Å². The van der Waals surface area contributed by atoms with Crippen molar-refractivity contribution >= 4 is 5.69 Å². The van der Waals surface area contributed by atoms with Gasteiger partial charge in [0.05, 0.1) is 0 Å². The molecular weight excluding hydrogens is 201 g/mol. The third-order valence-corrected chi connectivity index (χ3v) is 2.73. The molecular formula is C14H14FN. The summed E-state index contributed by atoms with van der Waals surface area (Å²) >= 11 is 0. The highest BCUT2D eigenvalue weighted by Crippen LogP contribution is 2.28. The number of hydrogen-bond donors (Lipinski definition) is 1. The van der Waals surface area contributed by atoms with Crippen molar-refractivity contribution in [2.75, 3.05) is 5.73 Å². The van der Waals surface area contributed by atoms with Crippen LogP contribution in [-0.2, 0) is 0 Å². The van der Waals surface area contributed by atoms with Gasteiger partial charge in [-0.3, -0.25) is 0 Å². The van der Waals surface area contributed by atoms with Crippen molar-refractivity contribution in [2.45, 2.75) is 13.8 Å². The van der Waals surface area contributed by atoms with Gasteiger partial charge in [0.1, 0.15) is 5.82 Å². The van der Waals surface area contributed by atoms with Crippen molar-refractivity contribution in [3.8, 4) is 11.1 Å². The van der Waals surface area contributed by atoms with E-state index in [1.807, 2.05) is 38.1 Å². The molecule has 2 aromatic rings. The molecule has 1 nitrogen and oxygen atoms in total. The predicted molar refractivity (Wildman–Crippen MR) is 65.7 cm³/mol. The Hall–Kier alpha value is -1.83. The maximum atomic E-state index is 13.3. The maximum Gasteiger partial charge on any atom is 0.124 e. The maximum absolute atomic E-state index is 13.3. The Kier molecular flexibility index (Phi) is 2.65. The van der Waals surface area contributed by atoms with Crippen LogP contribution >= 0.6 is 0 Å². The number of aryl methyl sites for hydroxylation is 1. The first kappa shape index (κ1) is 10.7. The first-order chi connectivity index (χ1) is 7.58. The summed E-state index contributed by atoms with van der Waals surface area (Å²) in [6.07, 6.45) is 0. The molecule has 0 radical (unpaired) electrons. The van der Waals surface area contributed by atoms with Crippen LogP contribution in [0.4, 0.5) is 10.1 Å². The molecule has 0 aliphatic rings. The van der Waals surface area contributed by atoms with Crippen LogP contribution in [-0.4, -0.2) is 0 Å². The van der Waals surface area contributed by atoms with Crippen LogP contribution in [0.25, 0.3) is 11.1 Å². The highest BCUT2D eigenvalue weighted by atomic mass is 19.1. The summed E-state index contributed by atoms with van der Waals surface area (Å²) < 4.78 is 13.3. The molecule has 0 spiro atoms. The van der Waals surface area contributed by atoms with E-state index in [2.05, 4.69) is 0 Å². The zero-order valence-corrected chi connectivity index (χ0v) is 9.42. The van der Waals surface area contributed by atoms with E-state index in [4.69, 9.17) is 5.73 Å². The summed E-state index contributed by atoms with van der Waals surface area (Å²) in [6, 6.07) is 10.7. The van der Waals surface area contributed by atoms with Gasteiger partial charge in [0.2, 0.25) is 0 Å². The van der Waals surface area contributed by atoms with Gasteiger partial charge in [0.15, 0.2) is 0 Å². The standard InChI is InChI=1S/C14H14FN/c1-9-6-11(8-12(15)7-9)13-4-3-5-14(16)10(13)2/h3-8H,16H2,1-2H3. The van der Waals surface area contributed by atoms with E-state index in [0.29, 0.717) is 0 Å². The smallest absolute Gasteiger partial charge is 0.124 e. The van der Waals surface area contributed by atoms with Crippen LogP contribution < -0.4 is 5.73 Å². The molecule has 0 aliphatic carbocycles. The van der Waals surface area contributed by atoms with E-state index in [0.717, 1.165) is 27.9 Å². The molecule has 16 heavy (non-hydrogen) atoms. The zero-order chi connectivity index (χ0) is 11.7. The van der Waals surface area contributed by atoms with Crippen LogP contribution in [0.15, 0.2) is 36.4 Å². The third-order valence-electron chi connectivity index (χ3n) is 2.73. The Labute approximate surface area is 94.7 Å². The molecule has 82 valence electrons. The van der Waals surface area contributed by atoms with Crippen molar-refractivity contribution in [1.29, 1.82) is 0 Å². The second-order valence-electron chi connectivity index (χ2n) is 4.04.